The van der Waals surface area contributed by atoms with Crippen LogP contribution < -0.4 is 0 Å². The van der Waals surface area contributed by atoms with Gasteiger partial charge in [-0.25, -0.2) is 0 Å². The highest BCUT2D eigenvalue weighted by molar-refractivity contribution is 6.30. The predicted octanol–water partition coefficient (Wildman–Crippen LogP) is 3.83. The molecule has 0 bridgehead atoms. The average molecular weight is 324 g/mol. The normalized spacial score (nSPS) is 23.1. The number of benzene rings is 2. The lowest BCUT2D eigenvalue weighted by molar-refractivity contribution is -0.00206. The number of rotatable bonds is 2. The molecule has 1 heterocycles. The third kappa shape index (κ3) is 2.58. The first-order valence-electron chi connectivity index (χ1n) is 7.14. The first-order chi connectivity index (χ1) is 11.1. The highest BCUT2D eigenvalue weighted by Gasteiger charge is 2.54. The number of nitrogens with zero attached hydrogens (tertiary/aromatic N) is 3. The molecule has 4 nitrogen and oxygen atoms in total. The van der Waals surface area contributed by atoms with Crippen molar-refractivity contribution in [1.29, 1.82) is 10.5 Å². The number of ether oxygens (including phenoxy) is 1. The summed E-state index contributed by atoms with van der Waals surface area (Å²) in [5, 5.41) is 19.9. The van der Waals surface area contributed by atoms with E-state index in [2.05, 4.69) is 12.1 Å². The van der Waals surface area contributed by atoms with E-state index in [1.807, 2.05) is 54.4 Å². The highest BCUT2D eigenvalue weighted by atomic mass is 35.5. The van der Waals surface area contributed by atoms with Crippen molar-refractivity contribution in [3.05, 3.63) is 70.7 Å². The fourth-order valence-corrected chi connectivity index (χ4v) is 3.11. The Morgan fingerprint density at radius 2 is 1.61 bits per heavy atom. The van der Waals surface area contributed by atoms with Crippen molar-refractivity contribution in [2.45, 2.75) is 17.9 Å². The number of hydrogen-bond donors (Lipinski definition) is 0. The molecule has 114 valence electrons. The van der Waals surface area contributed by atoms with Crippen molar-refractivity contribution < 1.29 is 4.74 Å². The molecule has 23 heavy (non-hydrogen) atoms. The average Bonchev–Trinajstić information content (AvgIpc) is 2.89. The van der Waals surface area contributed by atoms with Gasteiger partial charge in [-0.2, -0.15) is 10.5 Å². The van der Waals surface area contributed by atoms with Gasteiger partial charge >= 0.3 is 0 Å². The summed E-state index contributed by atoms with van der Waals surface area (Å²) in [6.07, 6.45) is -0.489. The predicted molar refractivity (Wildman–Crippen MR) is 86.2 cm³/mol. The Kier molecular flexibility index (Phi) is 4.07. The van der Waals surface area contributed by atoms with E-state index >= 15 is 0 Å². The molecule has 2 aromatic carbocycles. The van der Waals surface area contributed by atoms with Crippen LogP contribution in [-0.2, 0) is 4.74 Å². The number of hydrogen-bond acceptors (Lipinski definition) is 4. The van der Waals surface area contributed by atoms with Crippen LogP contribution in [0.15, 0.2) is 54.6 Å². The second kappa shape index (κ2) is 6.02. The van der Waals surface area contributed by atoms with Crippen LogP contribution in [0.3, 0.4) is 0 Å². The second-order valence-corrected chi connectivity index (χ2v) is 5.90. The molecule has 0 spiro atoms. The summed E-state index contributed by atoms with van der Waals surface area (Å²) < 4.78 is 5.91. The SMILES string of the molecule is CN1C(c2ccc(Cl)cc2)OC(C#N)(C#N)C1c1ccccc1. The van der Waals surface area contributed by atoms with Crippen LogP contribution in [-0.4, -0.2) is 17.5 Å². The fraction of sp³-hybridized carbons (Fsp3) is 0.222. The van der Waals surface area contributed by atoms with E-state index in [0.717, 1.165) is 11.1 Å². The Labute approximate surface area is 140 Å². The molecule has 0 radical (unpaired) electrons. The molecule has 0 N–H and O–H groups in total. The minimum absolute atomic E-state index is 0.473. The van der Waals surface area contributed by atoms with E-state index in [9.17, 15) is 10.5 Å². The lowest BCUT2D eigenvalue weighted by Gasteiger charge is -2.25. The first-order valence-corrected chi connectivity index (χ1v) is 7.52. The molecule has 1 aliphatic rings. The van der Waals surface area contributed by atoms with E-state index in [0.29, 0.717) is 5.02 Å². The van der Waals surface area contributed by atoms with Crippen molar-refractivity contribution in [2.75, 3.05) is 7.05 Å². The summed E-state index contributed by atoms with van der Waals surface area (Å²) in [5.41, 5.74) is 0.167. The monoisotopic (exact) mass is 323 g/mol. The largest absolute Gasteiger partial charge is 0.323 e. The van der Waals surface area contributed by atoms with Crippen molar-refractivity contribution in [3.8, 4) is 12.1 Å². The van der Waals surface area contributed by atoms with Crippen molar-refractivity contribution in [2.24, 2.45) is 0 Å². The molecule has 1 aliphatic heterocycles. The lowest BCUT2D eigenvalue weighted by Crippen LogP contribution is -2.34. The van der Waals surface area contributed by atoms with Gasteiger partial charge in [-0.3, -0.25) is 4.90 Å². The molecule has 2 aromatic rings. The van der Waals surface area contributed by atoms with Gasteiger partial charge in [-0.15, -0.1) is 0 Å². The zero-order valence-corrected chi connectivity index (χ0v) is 13.2. The van der Waals surface area contributed by atoms with E-state index in [-0.39, 0.29) is 0 Å². The molecule has 3 rings (SSSR count). The molecular formula is C18H14ClN3O. The topological polar surface area (TPSA) is 60.0 Å². The lowest BCUT2D eigenvalue weighted by atomic mass is 9.91. The smallest absolute Gasteiger partial charge is 0.262 e. The van der Waals surface area contributed by atoms with Gasteiger partial charge in [0.05, 0.1) is 6.04 Å². The molecule has 2 unspecified atom stereocenters. The van der Waals surface area contributed by atoms with Crippen LogP contribution in [0, 0.1) is 22.7 Å². The minimum Gasteiger partial charge on any atom is -0.323 e. The molecule has 1 saturated heterocycles. The van der Waals surface area contributed by atoms with Gasteiger partial charge in [0.25, 0.3) is 5.60 Å². The van der Waals surface area contributed by atoms with Crippen LogP contribution in [0.5, 0.6) is 0 Å². The van der Waals surface area contributed by atoms with E-state index in [1.165, 1.54) is 0 Å². The standard InChI is InChI=1S/C18H14ClN3O/c1-22-16(13-5-3-2-4-6-13)18(11-20,12-21)23-17(22)14-7-9-15(19)10-8-14/h2-10,16-17H,1H3. The third-order valence-electron chi connectivity index (χ3n) is 4.06. The molecular weight excluding hydrogens is 310 g/mol. The maximum absolute atomic E-state index is 9.63. The van der Waals surface area contributed by atoms with E-state index < -0.39 is 17.9 Å². The first kappa shape index (κ1) is 15.5. The summed E-state index contributed by atoms with van der Waals surface area (Å²) in [6, 6.07) is 20.4. The molecule has 0 amide bonds. The highest BCUT2D eigenvalue weighted by Crippen LogP contribution is 2.47. The quantitative estimate of drug-likeness (QED) is 0.842. The van der Waals surface area contributed by atoms with Gasteiger partial charge in [0, 0.05) is 5.02 Å². The van der Waals surface area contributed by atoms with Crippen LogP contribution in [0.25, 0.3) is 0 Å². The molecule has 5 heteroatoms. The Balaban J connectivity index is 2.06. The maximum Gasteiger partial charge on any atom is 0.262 e. The Morgan fingerprint density at radius 3 is 2.17 bits per heavy atom. The number of nitriles is 2. The van der Waals surface area contributed by atoms with Gasteiger partial charge in [0.1, 0.15) is 18.4 Å². The van der Waals surface area contributed by atoms with Gasteiger partial charge in [0.2, 0.25) is 0 Å². The number of halogens is 1. The van der Waals surface area contributed by atoms with Crippen molar-refractivity contribution in [1.82, 2.24) is 4.90 Å². The number of likely N-dealkylation sites (N-methyl/N-ethyl adjacent to an activating group) is 1. The third-order valence-corrected chi connectivity index (χ3v) is 4.31. The summed E-state index contributed by atoms with van der Waals surface area (Å²) >= 11 is 5.93. The Hall–Kier alpha value is -2.37. The zero-order valence-electron chi connectivity index (χ0n) is 12.5. The van der Waals surface area contributed by atoms with E-state index in [4.69, 9.17) is 16.3 Å². The zero-order chi connectivity index (χ0) is 16.4. The minimum atomic E-state index is -1.56. The molecule has 0 saturated carbocycles. The van der Waals surface area contributed by atoms with Crippen LogP contribution in [0.4, 0.5) is 0 Å². The van der Waals surface area contributed by atoms with Gasteiger partial charge < -0.3 is 4.74 Å². The fourth-order valence-electron chi connectivity index (χ4n) is 2.98. The summed E-state index contributed by atoms with van der Waals surface area (Å²) in [7, 11) is 1.85. The Bertz CT molecular complexity index is 763. The van der Waals surface area contributed by atoms with Gasteiger partial charge in [0.15, 0.2) is 0 Å². The van der Waals surface area contributed by atoms with Crippen molar-refractivity contribution in [3.63, 3.8) is 0 Å². The molecule has 0 aromatic heterocycles. The summed E-state index contributed by atoms with van der Waals surface area (Å²) in [5.74, 6) is 0. The molecule has 1 fully saturated rings. The van der Waals surface area contributed by atoms with Gasteiger partial charge in [-0.1, -0.05) is 54.1 Å². The second-order valence-electron chi connectivity index (χ2n) is 5.46. The molecule has 0 aliphatic carbocycles. The van der Waals surface area contributed by atoms with E-state index in [1.54, 1.807) is 12.1 Å². The maximum atomic E-state index is 9.63. The van der Waals surface area contributed by atoms with Crippen LogP contribution in [0.2, 0.25) is 5.02 Å². The summed E-state index contributed by atoms with van der Waals surface area (Å²) in [4.78, 5) is 1.91. The Morgan fingerprint density at radius 1 is 1.00 bits per heavy atom. The molecule has 2 atom stereocenters. The van der Waals surface area contributed by atoms with Crippen LogP contribution in [0.1, 0.15) is 23.4 Å². The van der Waals surface area contributed by atoms with Crippen molar-refractivity contribution >= 4 is 11.6 Å². The van der Waals surface area contributed by atoms with Gasteiger partial charge in [-0.05, 0) is 30.3 Å². The van der Waals surface area contributed by atoms with Crippen LogP contribution >= 0.6 is 11.6 Å². The summed E-state index contributed by atoms with van der Waals surface area (Å²) in [6.45, 7) is 0.